The molecular weight excluding hydrogens is 340 g/mol. The molecule has 7 heteroatoms. The van der Waals surface area contributed by atoms with Crippen molar-refractivity contribution in [2.75, 3.05) is 7.05 Å². The van der Waals surface area contributed by atoms with E-state index in [2.05, 4.69) is 13.2 Å². The lowest BCUT2D eigenvalue weighted by Gasteiger charge is -2.32. The van der Waals surface area contributed by atoms with Gasteiger partial charge >= 0.3 is 0 Å². The van der Waals surface area contributed by atoms with Crippen molar-refractivity contribution in [1.29, 1.82) is 0 Å². The van der Waals surface area contributed by atoms with Crippen molar-refractivity contribution in [3.05, 3.63) is 27.9 Å². The number of likely N-dealkylation sites (N-methyl/N-ethyl adjacent to an activating group) is 1. The number of thiophene rings is 1. The molecule has 1 fully saturated rings. The Morgan fingerprint density at radius 3 is 2.25 bits per heavy atom. The molecule has 1 aliphatic rings. The number of hydrogen-bond acceptors (Lipinski definition) is 4. The monoisotopic (exact) mass is 353 g/mol. The molecular formula is C13H14ClF2NS3. The summed E-state index contributed by atoms with van der Waals surface area (Å²) in [6, 6.07) is 0. The molecule has 0 atom stereocenters. The van der Waals surface area contributed by atoms with Crippen molar-refractivity contribution in [3.8, 4) is 0 Å². The average Bonchev–Trinajstić information content (AvgIpc) is 3.16. The fourth-order valence-electron chi connectivity index (χ4n) is 2.28. The first kappa shape index (κ1) is 16.2. The standard InChI is InChI=1S/C13H14ClF2NS3/c1-7(2)13(5-6-13)17(4)8(3)9-10(19-15)11(20-16)12(14)18-9/h1,3,5-6H2,2,4H3. The topological polar surface area (TPSA) is 3.24 Å². The smallest absolute Gasteiger partial charge is 0.111 e. The molecule has 1 saturated carbocycles. The van der Waals surface area contributed by atoms with E-state index in [-0.39, 0.29) is 44.0 Å². The lowest BCUT2D eigenvalue weighted by Crippen LogP contribution is -2.32. The predicted molar refractivity (Wildman–Crippen MR) is 86.8 cm³/mol. The summed E-state index contributed by atoms with van der Waals surface area (Å²) in [6.07, 6.45) is 2.00. The van der Waals surface area contributed by atoms with Gasteiger partial charge in [-0.2, -0.15) is 7.77 Å². The minimum atomic E-state index is -0.102. The predicted octanol–water partition coefficient (Wildman–Crippen LogP) is 6.37. The number of hydrogen-bond donors (Lipinski definition) is 0. The summed E-state index contributed by atoms with van der Waals surface area (Å²) in [4.78, 5) is 2.93. The van der Waals surface area contributed by atoms with Gasteiger partial charge < -0.3 is 4.90 Å². The zero-order valence-electron chi connectivity index (χ0n) is 11.1. The molecule has 0 amide bonds. The molecule has 110 valence electrons. The van der Waals surface area contributed by atoms with Crippen LogP contribution < -0.4 is 0 Å². The maximum Gasteiger partial charge on any atom is 0.111 e. The highest BCUT2D eigenvalue weighted by Gasteiger charge is 2.48. The quantitative estimate of drug-likeness (QED) is 0.547. The van der Waals surface area contributed by atoms with E-state index >= 15 is 0 Å². The van der Waals surface area contributed by atoms with E-state index in [0.29, 0.717) is 10.6 Å². The van der Waals surface area contributed by atoms with E-state index in [1.165, 1.54) is 0 Å². The number of rotatable bonds is 6. The second-order valence-corrected chi connectivity index (χ2v) is 7.58. The number of halogens is 3. The second-order valence-electron chi connectivity index (χ2n) is 4.84. The van der Waals surface area contributed by atoms with Crippen LogP contribution in [0.4, 0.5) is 7.77 Å². The van der Waals surface area contributed by atoms with Gasteiger partial charge in [0.05, 0.1) is 44.5 Å². The summed E-state index contributed by atoms with van der Waals surface area (Å²) in [7, 11) is 1.91. The summed E-state index contributed by atoms with van der Waals surface area (Å²) in [6.45, 7) is 10.0. The molecule has 0 bridgehead atoms. The van der Waals surface area contributed by atoms with Crippen LogP contribution in [0.2, 0.25) is 4.34 Å². The highest BCUT2D eigenvalue weighted by molar-refractivity contribution is 7.97. The minimum absolute atomic E-state index is 0.00784. The summed E-state index contributed by atoms with van der Waals surface area (Å²) in [5, 5.41) is 0. The molecule has 2 rings (SSSR count). The van der Waals surface area contributed by atoms with Crippen molar-refractivity contribution >= 4 is 52.9 Å². The van der Waals surface area contributed by atoms with Crippen LogP contribution in [0.3, 0.4) is 0 Å². The molecule has 0 saturated heterocycles. The third kappa shape index (κ3) is 2.51. The van der Waals surface area contributed by atoms with Gasteiger partial charge in [0.15, 0.2) is 0 Å². The van der Waals surface area contributed by atoms with Crippen LogP contribution in [0, 0.1) is 0 Å². The Kier molecular flexibility index (Phi) is 4.79. The molecule has 1 aliphatic carbocycles. The lowest BCUT2D eigenvalue weighted by molar-refractivity contribution is 0.371. The van der Waals surface area contributed by atoms with Crippen molar-refractivity contribution in [1.82, 2.24) is 4.90 Å². The van der Waals surface area contributed by atoms with E-state index in [9.17, 15) is 7.77 Å². The molecule has 0 radical (unpaired) electrons. The zero-order valence-corrected chi connectivity index (χ0v) is 14.3. The summed E-state index contributed by atoms with van der Waals surface area (Å²) >= 11 is 7.10. The largest absolute Gasteiger partial charge is 0.365 e. The Morgan fingerprint density at radius 1 is 1.30 bits per heavy atom. The van der Waals surface area contributed by atoms with Gasteiger partial charge in [-0.1, -0.05) is 30.3 Å². The molecule has 0 aromatic carbocycles. The maximum absolute atomic E-state index is 13.1. The first-order valence-electron chi connectivity index (χ1n) is 5.87. The third-order valence-electron chi connectivity index (χ3n) is 3.76. The highest BCUT2D eigenvalue weighted by Crippen LogP contribution is 2.53. The van der Waals surface area contributed by atoms with Crippen molar-refractivity contribution in [2.24, 2.45) is 0 Å². The van der Waals surface area contributed by atoms with Gasteiger partial charge in [-0.15, -0.1) is 11.3 Å². The van der Waals surface area contributed by atoms with Gasteiger partial charge in [0.1, 0.15) is 4.34 Å². The van der Waals surface area contributed by atoms with E-state index in [1.807, 2.05) is 18.9 Å². The van der Waals surface area contributed by atoms with Crippen LogP contribution in [-0.4, -0.2) is 17.5 Å². The van der Waals surface area contributed by atoms with Crippen LogP contribution in [0.5, 0.6) is 0 Å². The Morgan fingerprint density at radius 2 is 1.85 bits per heavy atom. The first-order valence-corrected chi connectivity index (χ1v) is 8.50. The first-order chi connectivity index (χ1) is 9.39. The van der Waals surface area contributed by atoms with E-state index in [1.54, 1.807) is 0 Å². The Labute approximate surface area is 135 Å². The highest BCUT2D eigenvalue weighted by atomic mass is 35.5. The maximum atomic E-state index is 13.1. The van der Waals surface area contributed by atoms with Gasteiger partial charge in [0.2, 0.25) is 0 Å². The number of nitrogens with zero attached hydrogens (tertiary/aromatic N) is 1. The molecule has 0 unspecified atom stereocenters. The molecule has 1 nitrogen and oxygen atoms in total. The molecule has 20 heavy (non-hydrogen) atoms. The van der Waals surface area contributed by atoms with Crippen LogP contribution >= 0.6 is 47.2 Å². The zero-order chi connectivity index (χ0) is 15.1. The summed E-state index contributed by atoms with van der Waals surface area (Å²) in [5.41, 5.74) is 1.60. The summed E-state index contributed by atoms with van der Waals surface area (Å²) in [5.74, 6) is 0. The van der Waals surface area contributed by atoms with Crippen molar-refractivity contribution in [3.63, 3.8) is 0 Å². The Balaban J connectivity index is 2.37. The van der Waals surface area contributed by atoms with E-state index in [4.69, 9.17) is 11.6 Å². The fourth-order valence-corrected chi connectivity index (χ4v) is 4.92. The van der Waals surface area contributed by atoms with Gasteiger partial charge in [-0.05, 0) is 19.8 Å². The molecule has 1 aromatic rings. The van der Waals surface area contributed by atoms with E-state index in [0.717, 1.165) is 29.8 Å². The van der Waals surface area contributed by atoms with Crippen LogP contribution in [-0.2, 0) is 0 Å². The van der Waals surface area contributed by atoms with Crippen molar-refractivity contribution in [2.45, 2.75) is 35.1 Å². The molecule has 1 aromatic heterocycles. The Bertz CT molecular complexity index is 566. The van der Waals surface area contributed by atoms with Gasteiger partial charge in [-0.25, -0.2) is 0 Å². The van der Waals surface area contributed by atoms with Crippen molar-refractivity contribution < 1.29 is 7.77 Å². The molecule has 1 heterocycles. The van der Waals surface area contributed by atoms with Crippen LogP contribution in [0.1, 0.15) is 24.6 Å². The van der Waals surface area contributed by atoms with E-state index < -0.39 is 0 Å². The fraction of sp³-hybridized carbons (Fsp3) is 0.385. The SMILES string of the molecule is C=C(c1sc(Cl)c(SF)c1SF)N(C)C1(C(=C)C)CC1. The lowest BCUT2D eigenvalue weighted by atomic mass is 10.1. The van der Waals surface area contributed by atoms with Crippen LogP contribution in [0.15, 0.2) is 28.5 Å². The van der Waals surface area contributed by atoms with Gasteiger partial charge in [0.25, 0.3) is 0 Å². The minimum Gasteiger partial charge on any atom is -0.365 e. The normalized spacial score (nSPS) is 16.1. The third-order valence-corrected chi connectivity index (χ3v) is 6.84. The average molecular weight is 354 g/mol. The van der Waals surface area contributed by atoms with Crippen LogP contribution in [0.25, 0.3) is 5.70 Å². The summed E-state index contributed by atoms with van der Waals surface area (Å²) < 4.78 is 26.3. The van der Waals surface area contributed by atoms with Gasteiger partial charge in [-0.3, -0.25) is 0 Å². The van der Waals surface area contributed by atoms with Gasteiger partial charge in [0, 0.05) is 12.7 Å². The Hall–Kier alpha value is -0.170. The molecule has 0 aliphatic heterocycles. The second kappa shape index (κ2) is 5.91. The molecule has 0 N–H and O–H groups in total. The molecule has 0 spiro atoms.